The topological polar surface area (TPSA) is 80.3 Å². The fourth-order valence-corrected chi connectivity index (χ4v) is 1.82. The number of aromatic nitrogens is 3. The van der Waals surface area contributed by atoms with E-state index in [1.165, 1.54) is 6.20 Å². The van der Waals surface area contributed by atoms with Crippen LogP contribution in [0.25, 0.3) is 0 Å². The van der Waals surface area contributed by atoms with E-state index in [0.29, 0.717) is 18.0 Å². The van der Waals surface area contributed by atoms with E-state index in [9.17, 15) is 4.79 Å². The summed E-state index contributed by atoms with van der Waals surface area (Å²) in [4.78, 5) is 13.6. The minimum absolute atomic E-state index is 0.200. The first-order chi connectivity index (χ1) is 9.65. The van der Waals surface area contributed by atoms with Crippen molar-refractivity contribution in [1.29, 1.82) is 0 Å². The third kappa shape index (κ3) is 2.87. The molecule has 0 bridgehead atoms. The van der Waals surface area contributed by atoms with E-state index in [4.69, 9.17) is 9.47 Å². The maximum atomic E-state index is 12.0. The van der Waals surface area contributed by atoms with Crippen molar-refractivity contribution in [2.45, 2.75) is 6.54 Å². The van der Waals surface area contributed by atoms with Crippen LogP contribution in [0.2, 0.25) is 0 Å². The molecule has 7 nitrogen and oxygen atoms in total. The predicted octanol–water partition coefficient (Wildman–Crippen LogP) is 1.09. The first-order valence-electron chi connectivity index (χ1n) is 5.98. The number of amides is 1. The minimum Gasteiger partial charge on any atom is -0.493 e. The molecular formula is C13H16N4O3. The highest BCUT2D eigenvalue weighted by molar-refractivity contribution is 5.91. The summed E-state index contributed by atoms with van der Waals surface area (Å²) in [5.74, 6) is 1.09. The summed E-state index contributed by atoms with van der Waals surface area (Å²) in [5, 5.41) is 9.81. The molecule has 2 rings (SSSR count). The Balaban J connectivity index is 2.11. The van der Waals surface area contributed by atoms with Gasteiger partial charge < -0.3 is 14.4 Å². The van der Waals surface area contributed by atoms with Crippen LogP contribution < -0.4 is 9.47 Å². The molecule has 0 radical (unpaired) electrons. The third-order valence-corrected chi connectivity index (χ3v) is 2.85. The third-order valence-electron chi connectivity index (χ3n) is 2.85. The van der Waals surface area contributed by atoms with Crippen molar-refractivity contribution in [3.05, 3.63) is 35.7 Å². The molecule has 0 unspecified atom stereocenters. The van der Waals surface area contributed by atoms with E-state index in [1.807, 2.05) is 18.2 Å². The van der Waals surface area contributed by atoms with Crippen LogP contribution in [0.3, 0.4) is 0 Å². The summed E-state index contributed by atoms with van der Waals surface area (Å²) in [6.45, 7) is 0.437. The highest BCUT2D eigenvalue weighted by Crippen LogP contribution is 2.27. The van der Waals surface area contributed by atoms with Gasteiger partial charge in [0.15, 0.2) is 17.2 Å². The van der Waals surface area contributed by atoms with E-state index in [1.54, 1.807) is 26.2 Å². The Morgan fingerprint density at radius 2 is 2.05 bits per heavy atom. The van der Waals surface area contributed by atoms with Crippen LogP contribution in [0, 0.1) is 0 Å². The van der Waals surface area contributed by atoms with Gasteiger partial charge in [0.1, 0.15) is 0 Å². The van der Waals surface area contributed by atoms with Gasteiger partial charge in [0.05, 0.1) is 20.4 Å². The van der Waals surface area contributed by atoms with Gasteiger partial charge in [-0.2, -0.15) is 15.4 Å². The highest BCUT2D eigenvalue weighted by atomic mass is 16.5. The smallest absolute Gasteiger partial charge is 0.276 e. The Hall–Kier alpha value is -2.57. The van der Waals surface area contributed by atoms with Crippen molar-refractivity contribution in [2.75, 3.05) is 21.3 Å². The summed E-state index contributed by atoms with van der Waals surface area (Å²) in [7, 11) is 4.86. The van der Waals surface area contributed by atoms with Crippen LogP contribution in [0.4, 0.5) is 0 Å². The summed E-state index contributed by atoms with van der Waals surface area (Å²) < 4.78 is 10.4. The second kappa shape index (κ2) is 6.05. The van der Waals surface area contributed by atoms with Crippen molar-refractivity contribution in [1.82, 2.24) is 20.3 Å². The fourth-order valence-electron chi connectivity index (χ4n) is 1.82. The van der Waals surface area contributed by atoms with Gasteiger partial charge >= 0.3 is 0 Å². The number of rotatable bonds is 5. The van der Waals surface area contributed by atoms with Gasteiger partial charge in [-0.05, 0) is 17.7 Å². The normalized spacial score (nSPS) is 10.2. The molecule has 0 saturated carbocycles. The number of carbonyl (C=O) groups is 1. The zero-order valence-corrected chi connectivity index (χ0v) is 11.6. The average molecular weight is 276 g/mol. The largest absolute Gasteiger partial charge is 0.493 e. The number of hydrogen-bond acceptors (Lipinski definition) is 5. The van der Waals surface area contributed by atoms with E-state index < -0.39 is 0 Å². The quantitative estimate of drug-likeness (QED) is 0.884. The molecule has 20 heavy (non-hydrogen) atoms. The number of carbonyl (C=O) groups excluding carboxylic acids is 1. The van der Waals surface area contributed by atoms with Crippen molar-refractivity contribution in [3.63, 3.8) is 0 Å². The molecule has 2 aromatic rings. The number of methoxy groups -OCH3 is 2. The molecular weight excluding hydrogens is 260 g/mol. The lowest BCUT2D eigenvalue weighted by Gasteiger charge is -2.17. The molecule has 7 heteroatoms. The molecule has 0 aliphatic heterocycles. The van der Waals surface area contributed by atoms with Gasteiger partial charge in [0.2, 0.25) is 0 Å². The Labute approximate surface area is 116 Å². The summed E-state index contributed by atoms with van der Waals surface area (Å²) >= 11 is 0. The number of H-pyrrole nitrogens is 1. The molecule has 0 saturated heterocycles. The lowest BCUT2D eigenvalue weighted by Crippen LogP contribution is -2.26. The van der Waals surface area contributed by atoms with Gasteiger partial charge in [0, 0.05) is 13.6 Å². The van der Waals surface area contributed by atoms with Gasteiger partial charge in [-0.15, -0.1) is 0 Å². The monoisotopic (exact) mass is 276 g/mol. The first-order valence-corrected chi connectivity index (χ1v) is 5.98. The van der Waals surface area contributed by atoms with Gasteiger partial charge in [-0.25, -0.2) is 0 Å². The van der Waals surface area contributed by atoms with Crippen molar-refractivity contribution < 1.29 is 14.3 Å². The molecule has 0 spiro atoms. The van der Waals surface area contributed by atoms with E-state index >= 15 is 0 Å². The van der Waals surface area contributed by atoms with Gasteiger partial charge in [0.25, 0.3) is 5.91 Å². The number of ether oxygens (including phenoxy) is 2. The van der Waals surface area contributed by atoms with Crippen LogP contribution in [0.15, 0.2) is 24.4 Å². The molecule has 1 aromatic heterocycles. The number of aromatic amines is 1. The van der Waals surface area contributed by atoms with Crippen molar-refractivity contribution in [3.8, 4) is 11.5 Å². The lowest BCUT2D eigenvalue weighted by atomic mass is 10.2. The molecule has 0 atom stereocenters. The average Bonchev–Trinajstić information content (AvgIpc) is 3.00. The molecule has 1 amide bonds. The Kier molecular flexibility index (Phi) is 4.19. The van der Waals surface area contributed by atoms with Crippen LogP contribution in [-0.2, 0) is 6.54 Å². The molecule has 1 N–H and O–H groups in total. The predicted molar refractivity (Wildman–Crippen MR) is 71.7 cm³/mol. The fraction of sp³-hybridized carbons (Fsp3) is 0.308. The molecule has 0 aliphatic rings. The van der Waals surface area contributed by atoms with Crippen LogP contribution in [-0.4, -0.2) is 47.5 Å². The number of nitrogens with zero attached hydrogens (tertiary/aromatic N) is 3. The molecule has 0 fully saturated rings. The molecule has 0 aliphatic carbocycles. The highest BCUT2D eigenvalue weighted by Gasteiger charge is 2.15. The standard InChI is InChI=1S/C13H16N4O3/c1-17(13(18)10-7-14-16-15-10)8-9-4-5-11(19-2)12(6-9)20-3/h4-7H,8H2,1-3H3,(H,14,15,16). The molecule has 1 heterocycles. The lowest BCUT2D eigenvalue weighted by molar-refractivity contribution is 0.0779. The minimum atomic E-state index is -0.200. The van der Waals surface area contributed by atoms with Gasteiger partial charge in [-0.3, -0.25) is 4.79 Å². The maximum Gasteiger partial charge on any atom is 0.276 e. The first kappa shape index (κ1) is 13.9. The van der Waals surface area contributed by atoms with E-state index in [0.717, 1.165) is 5.56 Å². The molecule has 106 valence electrons. The van der Waals surface area contributed by atoms with E-state index in [2.05, 4.69) is 15.4 Å². The Bertz CT molecular complexity index is 583. The summed E-state index contributed by atoms with van der Waals surface area (Å²) in [5.41, 5.74) is 1.22. The maximum absolute atomic E-state index is 12.0. The van der Waals surface area contributed by atoms with Crippen LogP contribution in [0.1, 0.15) is 16.1 Å². The van der Waals surface area contributed by atoms with Crippen molar-refractivity contribution in [2.24, 2.45) is 0 Å². The number of hydrogen-bond donors (Lipinski definition) is 1. The Morgan fingerprint density at radius 1 is 1.30 bits per heavy atom. The number of benzene rings is 1. The zero-order valence-electron chi connectivity index (χ0n) is 11.6. The second-order valence-electron chi connectivity index (χ2n) is 4.21. The number of nitrogens with one attached hydrogen (secondary N) is 1. The summed E-state index contributed by atoms with van der Waals surface area (Å²) in [6.07, 6.45) is 1.40. The van der Waals surface area contributed by atoms with Gasteiger partial charge in [-0.1, -0.05) is 6.07 Å². The SMILES string of the molecule is COc1ccc(CN(C)C(=O)c2cn[nH]n2)cc1OC. The van der Waals surface area contributed by atoms with E-state index in [-0.39, 0.29) is 11.6 Å². The van der Waals surface area contributed by atoms with Crippen LogP contribution >= 0.6 is 0 Å². The van der Waals surface area contributed by atoms with Crippen molar-refractivity contribution >= 4 is 5.91 Å². The zero-order chi connectivity index (χ0) is 14.5. The Morgan fingerprint density at radius 3 is 2.65 bits per heavy atom. The van der Waals surface area contributed by atoms with Crippen LogP contribution in [0.5, 0.6) is 11.5 Å². The molecule has 1 aromatic carbocycles. The summed E-state index contributed by atoms with van der Waals surface area (Å²) in [6, 6.07) is 5.53. The second-order valence-corrected chi connectivity index (χ2v) is 4.21.